The molecular formula is C12H16BrNO3S. The zero-order valence-corrected chi connectivity index (χ0v) is 12.6. The minimum Gasteiger partial charge on any atom is -0.381 e. The van der Waals surface area contributed by atoms with Gasteiger partial charge in [-0.25, -0.2) is 13.1 Å². The van der Waals surface area contributed by atoms with Crippen LogP contribution in [0.1, 0.15) is 12.0 Å². The highest BCUT2D eigenvalue weighted by molar-refractivity contribution is 9.10. The number of aryl methyl sites for hydroxylation is 1. The van der Waals surface area contributed by atoms with E-state index >= 15 is 0 Å². The number of benzene rings is 1. The number of sulfonamides is 1. The maximum Gasteiger partial charge on any atom is 0.240 e. The first-order chi connectivity index (χ1) is 8.49. The Morgan fingerprint density at radius 1 is 1.50 bits per heavy atom. The zero-order valence-electron chi connectivity index (χ0n) is 10.1. The molecule has 1 saturated heterocycles. The molecule has 4 nitrogen and oxygen atoms in total. The van der Waals surface area contributed by atoms with E-state index in [-0.39, 0.29) is 5.92 Å². The average molecular weight is 334 g/mol. The summed E-state index contributed by atoms with van der Waals surface area (Å²) < 4.78 is 32.8. The van der Waals surface area contributed by atoms with Gasteiger partial charge in [-0.2, -0.15) is 0 Å². The second kappa shape index (κ2) is 5.69. The fraction of sp³-hybridized carbons (Fsp3) is 0.500. The molecule has 2 rings (SSSR count). The van der Waals surface area contributed by atoms with Crippen LogP contribution in [0.15, 0.2) is 27.6 Å². The summed E-state index contributed by atoms with van der Waals surface area (Å²) in [6, 6.07) is 5.04. The van der Waals surface area contributed by atoms with Gasteiger partial charge in [0.2, 0.25) is 10.0 Å². The van der Waals surface area contributed by atoms with E-state index in [4.69, 9.17) is 4.74 Å². The number of halogens is 1. The molecule has 1 fully saturated rings. The van der Waals surface area contributed by atoms with Crippen molar-refractivity contribution in [3.8, 4) is 0 Å². The Balaban J connectivity index is 2.07. The van der Waals surface area contributed by atoms with Crippen molar-refractivity contribution >= 4 is 26.0 Å². The Kier molecular flexibility index (Phi) is 4.42. The predicted octanol–water partition coefficient (Wildman–Crippen LogP) is 2.07. The molecule has 0 aliphatic carbocycles. The third kappa shape index (κ3) is 3.32. The molecule has 0 spiro atoms. The molecule has 1 aromatic rings. The number of ether oxygens (including phenoxy) is 1. The zero-order chi connectivity index (χ0) is 13.2. The van der Waals surface area contributed by atoms with Gasteiger partial charge in [0.1, 0.15) is 0 Å². The Labute approximate surface area is 116 Å². The highest BCUT2D eigenvalue weighted by Gasteiger charge is 2.20. The summed E-state index contributed by atoms with van der Waals surface area (Å²) in [5.74, 6) is 0.286. The van der Waals surface area contributed by atoms with E-state index in [9.17, 15) is 8.42 Å². The van der Waals surface area contributed by atoms with E-state index in [0.717, 1.165) is 23.1 Å². The molecule has 0 amide bonds. The van der Waals surface area contributed by atoms with Crippen LogP contribution >= 0.6 is 15.9 Å². The normalized spacial score (nSPS) is 20.2. The number of rotatable bonds is 4. The summed E-state index contributed by atoms with van der Waals surface area (Å²) in [5.41, 5.74) is 1.01. The second-order valence-electron chi connectivity index (χ2n) is 4.49. The summed E-state index contributed by atoms with van der Waals surface area (Å²) in [5, 5.41) is 0. The number of hydrogen-bond donors (Lipinski definition) is 1. The molecule has 0 saturated carbocycles. The molecule has 1 aliphatic heterocycles. The SMILES string of the molecule is Cc1ccc(S(=O)(=O)NC[C@@H]2CCOC2)cc1Br. The van der Waals surface area contributed by atoms with Crippen molar-refractivity contribution in [2.24, 2.45) is 5.92 Å². The number of nitrogens with one attached hydrogen (secondary N) is 1. The molecule has 0 aromatic heterocycles. The Morgan fingerprint density at radius 3 is 2.89 bits per heavy atom. The van der Waals surface area contributed by atoms with Crippen LogP contribution in [-0.2, 0) is 14.8 Å². The summed E-state index contributed by atoms with van der Waals surface area (Å²) in [4.78, 5) is 0.291. The highest BCUT2D eigenvalue weighted by Crippen LogP contribution is 2.21. The first kappa shape index (κ1) is 14.0. The van der Waals surface area contributed by atoms with Gasteiger partial charge in [-0.15, -0.1) is 0 Å². The van der Waals surface area contributed by atoms with Crippen molar-refractivity contribution in [3.63, 3.8) is 0 Å². The molecule has 6 heteroatoms. The smallest absolute Gasteiger partial charge is 0.240 e. The van der Waals surface area contributed by atoms with Crippen molar-refractivity contribution in [3.05, 3.63) is 28.2 Å². The monoisotopic (exact) mass is 333 g/mol. The molecule has 1 atom stereocenters. The van der Waals surface area contributed by atoms with Gasteiger partial charge in [0.15, 0.2) is 0 Å². The van der Waals surface area contributed by atoms with Gasteiger partial charge in [0, 0.05) is 17.6 Å². The van der Waals surface area contributed by atoms with Crippen LogP contribution in [-0.4, -0.2) is 28.2 Å². The Hall–Kier alpha value is -0.430. The molecule has 1 heterocycles. The molecule has 100 valence electrons. The minimum atomic E-state index is -3.42. The maximum absolute atomic E-state index is 12.1. The van der Waals surface area contributed by atoms with E-state index < -0.39 is 10.0 Å². The van der Waals surface area contributed by atoms with Crippen LogP contribution in [0, 0.1) is 12.8 Å². The highest BCUT2D eigenvalue weighted by atomic mass is 79.9. The first-order valence-corrected chi connectivity index (χ1v) is 8.10. The van der Waals surface area contributed by atoms with Crippen LogP contribution in [0.25, 0.3) is 0 Å². The largest absolute Gasteiger partial charge is 0.381 e. The molecule has 0 bridgehead atoms. The molecule has 0 unspecified atom stereocenters. The lowest BCUT2D eigenvalue weighted by molar-refractivity contribution is 0.186. The lowest BCUT2D eigenvalue weighted by Gasteiger charge is -2.11. The average Bonchev–Trinajstić information content (AvgIpc) is 2.83. The fourth-order valence-electron chi connectivity index (χ4n) is 1.80. The summed E-state index contributed by atoms with van der Waals surface area (Å²) >= 11 is 3.34. The van der Waals surface area contributed by atoms with Crippen LogP contribution < -0.4 is 4.72 Å². The van der Waals surface area contributed by atoms with E-state index in [0.29, 0.717) is 18.0 Å². The minimum absolute atomic E-state index is 0.286. The Morgan fingerprint density at radius 2 is 2.28 bits per heavy atom. The fourth-order valence-corrected chi connectivity index (χ4v) is 3.47. The van der Waals surface area contributed by atoms with E-state index in [2.05, 4.69) is 20.7 Å². The topological polar surface area (TPSA) is 55.4 Å². The van der Waals surface area contributed by atoms with Gasteiger partial charge in [0.05, 0.1) is 11.5 Å². The van der Waals surface area contributed by atoms with E-state index in [1.54, 1.807) is 18.2 Å². The van der Waals surface area contributed by atoms with Crippen molar-refractivity contribution in [2.45, 2.75) is 18.2 Å². The van der Waals surface area contributed by atoms with Gasteiger partial charge in [-0.3, -0.25) is 0 Å². The standard InChI is InChI=1S/C12H16BrNO3S/c1-9-2-3-11(6-12(9)13)18(15,16)14-7-10-4-5-17-8-10/h2-3,6,10,14H,4-5,7-8H2,1H3/t10-/m0/s1. The van der Waals surface area contributed by atoms with Gasteiger partial charge in [0.25, 0.3) is 0 Å². The molecule has 1 N–H and O–H groups in total. The summed E-state index contributed by atoms with van der Waals surface area (Å²) in [7, 11) is -3.42. The molecule has 18 heavy (non-hydrogen) atoms. The van der Waals surface area contributed by atoms with Gasteiger partial charge in [-0.1, -0.05) is 22.0 Å². The van der Waals surface area contributed by atoms with Gasteiger partial charge >= 0.3 is 0 Å². The van der Waals surface area contributed by atoms with Crippen LogP contribution in [0.4, 0.5) is 0 Å². The maximum atomic E-state index is 12.1. The molecular weight excluding hydrogens is 318 g/mol. The lowest BCUT2D eigenvalue weighted by Crippen LogP contribution is -2.29. The molecule has 0 radical (unpaired) electrons. The predicted molar refractivity (Wildman–Crippen MR) is 73.0 cm³/mol. The number of hydrogen-bond acceptors (Lipinski definition) is 3. The summed E-state index contributed by atoms with van der Waals surface area (Å²) in [6.45, 7) is 3.72. The quantitative estimate of drug-likeness (QED) is 0.917. The van der Waals surface area contributed by atoms with Crippen LogP contribution in [0.2, 0.25) is 0 Å². The summed E-state index contributed by atoms with van der Waals surface area (Å²) in [6.07, 6.45) is 0.917. The van der Waals surface area contributed by atoms with E-state index in [1.807, 2.05) is 6.92 Å². The molecule has 1 aromatic carbocycles. The van der Waals surface area contributed by atoms with Gasteiger partial charge < -0.3 is 4.74 Å². The van der Waals surface area contributed by atoms with Crippen LogP contribution in [0.5, 0.6) is 0 Å². The van der Waals surface area contributed by atoms with Crippen LogP contribution in [0.3, 0.4) is 0 Å². The van der Waals surface area contributed by atoms with Crippen molar-refractivity contribution < 1.29 is 13.2 Å². The third-order valence-electron chi connectivity index (χ3n) is 3.04. The lowest BCUT2D eigenvalue weighted by atomic mass is 10.1. The third-order valence-corrected chi connectivity index (χ3v) is 5.32. The van der Waals surface area contributed by atoms with Crippen molar-refractivity contribution in [1.29, 1.82) is 0 Å². The van der Waals surface area contributed by atoms with Crippen molar-refractivity contribution in [1.82, 2.24) is 4.72 Å². The molecule has 1 aliphatic rings. The van der Waals surface area contributed by atoms with E-state index in [1.165, 1.54) is 0 Å². The van der Waals surface area contributed by atoms with Gasteiger partial charge in [-0.05, 0) is 37.0 Å². The second-order valence-corrected chi connectivity index (χ2v) is 7.11. The Bertz CT molecular complexity index is 524. The first-order valence-electron chi connectivity index (χ1n) is 5.82. The van der Waals surface area contributed by atoms with Crippen molar-refractivity contribution in [2.75, 3.05) is 19.8 Å².